The monoisotopic (exact) mass is 267 g/mol. The Balaban J connectivity index is 2.73. The number of aliphatic hydroxyl groups is 1. The van der Waals surface area contributed by atoms with E-state index in [4.69, 9.17) is 14.9 Å². The first-order valence-electron chi connectivity index (χ1n) is 5.95. The molecule has 1 rings (SSSR count). The predicted octanol–water partition coefficient (Wildman–Crippen LogP) is 0.651. The summed E-state index contributed by atoms with van der Waals surface area (Å²) in [5.74, 6) is -1.30. The number of carboxylic acids is 1. The third-order valence-corrected chi connectivity index (χ3v) is 2.36. The lowest BCUT2D eigenvalue weighted by atomic mass is 10.2. The van der Waals surface area contributed by atoms with Gasteiger partial charge in [-0.15, -0.1) is 0 Å². The summed E-state index contributed by atoms with van der Waals surface area (Å²) in [6.45, 7) is 1.85. The third-order valence-electron chi connectivity index (χ3n) is 2.36. The SMILES string of the molecule is CCCOc1cccc(C(=O)N[C@@H](CO)C(=O)O)c1. The summed E-state index contributed by atoms with van der Waals surface area (Å²) in [4.78, 5) is 22.5. The van der Waals surface area contributed by atoms with Crippen molar-refractivity contribution in [2.24, 2.45) is 0 Å². The zero-order valence-corrected chi connectivity index (χ0v) is 10.6. The zero-order valence-electron chi connectivity index (χ0n) is 10.6. The first-order chi connectivity index (χ1) is 9.08. The largest absolute Gasteiger partial charge is 0.494 e. The lowest BCUT2D eigenvalue weighted by Gasteiger charge is -2.12. The highest BCUT2D eigenvalue weighted by Gasteiger charge is 2.19. The van der Waals surface area contributed by atoms with E-state index < -0.39 is 24.5 Å². The molecule has 0 unspecified atom stereocenters. The van der Waals surface area contributed by atoms with Crippen LogP contribution < -0.4 is 10.1 Å². The summed E-state index contributed by atoms with van der Waals surface area (Å²) in [6, 6.07) is 5.13. The van der Waals surface area contributed by atoms with Gasteiger partial charge >= 0.3 is 5.97 Å². The molecule has 0 aliphatic rings. The summed E-state index contributed by atoms with van der Waals surface area (Å²) < 4.78 is 5.38. The van der Waals surface area contributed by atoms with Crippen molar-refractivity contribution < 1.29 is 24.5 Å². The molecule has 0 saturated carbocycles. The predicted molar refractivity (Wildman–Crippen MR) is 68.2 cm³/mol. The van der Waals surface area contributed by atoms with Crippen LogP contribution in [-0.2, 0) is 4.79 Å². The minimum Gasteiger partial charge on any atom is -0.494 e. The Morgan fingerprint density at radius 1 is 1.42 bits per heavy atom. The van der Waals surface area contributed by atoms with Crippen LogP contribution in [0.5, 0.6) is 5.75 Å². The average Bonchev–Trinajstić information content (AvgIpc) is 2.42. The normalized spacial score (nSPS) is 11.7. The summed E-state index contributed by atoms with van der Waals surface area (Å²) in [5.41, 5.74) is 0.285. The minimum absolute atomic E-state index is 0.285. The minimum atomic E-state index is -1.31. The maximum absolute atomic E-state index is 11.8. The number of ether oxygens (including phenoxy) is 1. The molecule has 1 atom stereocenters. The second-order valence-electron chi connectivity index (χ2n) is 3.92. The van der Waals surface area contributed by atoms with Crippen molar-refractivity contribution in [1.82, 2.24) is 5.32 Å². The molecule has 6 nitrogen and oxygen atoms in total. The van der Waals surface area contributed by atoms with E-state index in [1.54, 1.807) is 18.2 Å². The molecule has 104 valence electrons. The molecule has 0 aliphatic heterocycles. The molecular formula is C13H17NO5. The topological polar surface area (TPSA) is 95.9 Å². The van der Waals surface area contributed by atoms with E-state index in [-0.39, 0.29) is 5.56 Å². The number of carbonyl (C=O) groups excluding carboxylic acids is 1. The first kappa shape index (κ1) is 15.0. The first-order valence-corrected chi connectivity index (χ1v) is 5.95. The molecule has 0 fully saturated rings. The number of carboxylic acid groups (broad SMARTS) is 1. The molecule has 1 aromatic carbocycles. The number of hydrogen-bond acceptors (Lipinski definition) is 4. The third kappa shape index (κ3) is 4.59. The van der Waals surface area contributed by atoms with E-state index in [9.17, 15) is 9.59 Å². The molecule has 0 aromatic heterocycles. The maximum Gasteiger partial charge on any atom is 0.328 e. The standard InChI is InChI=1S/C13H17NO5/c1-2-6-19-10-5-3-4-9(7-10)12(16)14-11(8-15)13(17)18/h3-5,7,11,15H,2,6,8H2,1H3,(H,14,16)(H,17,18)/t11-/m0/s1. The molecule has 0 radical (unpaired) electrons. The van der Waals surface area contributed by atoms with Crippen molar-refractivity contribution in [2.75, 3.05) is 13.2 Å². The van der Waals surface area contributed by atoms with Gasteiger partial charge in [-0.25, -0.2) is 4.79 Å². The van der Waals surface area contributed by atoms with Gasteiger partial charge in [-0.3, -0.25) is 4.79 Å². The van der Waals surface area contributed by atoms with Crippen molar-refractivity contribution in [1.29, 1.82) is 0 Å². The van der Waals surface area contributed by atoms with Gasteiger partial charge in [0.2, 0.25) is 0 Å². The van der Waals surface area contributed by atoms with Gasteiger partial charge in [-0.1, -0.05) is 13.0 Å². The molecule has 3 N–H and O–H groups in total. The van der Waals surface area contributed by atoms with Crippen LogP contribution in [0.2, 0.25) is 0 Å². The van der Waals surface area contributed by atoms with Crippen LogP contribution in [-0.4, -0.2) is 41.3 Å². The Hall–Kier alpha value is -2.08. The number of aliphatic hydroxyl groups excluding tert-OH is 1. The summed E-state index contributed by atoms with van der Waals surface area (Å²) in [5, 5.41) is 19.8. The van der Waals surface area contributed by atoms with Gasteiger partial charge in [0.25, 0.3) is 5.91 Å². The van der Waals surface area contributed by atoms with Crippen molar-refractivity contribution in [3.05, 3.63) is 29.8 Å². The van der Waals surface area contributed by atoms with Crippen molar-refractivity contribution in [3.63, 3.8) is 0 Å². The lowest BCUT2D eigenvalue weighted by molar-refractivity contribution is -0.140. The van der Waals surface area contributed by atoms with Gasteiger partial charge in [0, 0.05) is 5.56 Å². The highest BCUT2D eigenvalue weighted by molar-refractivity contribution is 5.96. The molecule has 1 amide bonds. The average molecular weight is 267 g/mol. The van der Waals surface area contributed by atoms with Gasteiger partial charge in [-0.2, -0.15) is 0 Å². The zero-order chi connectivity index (χ0) is 14.3. The van der Waals surface area contributed by atoms with E-state index in [0.29, 0.717) is 12.4 Å². The highest BCUT2D eigenvalue weighted by Crippen LogP contribution is 2.13. The number of aliphatic carboxylic acids is 1. The molecule has 0 bridgehead atoms. The van der Waals surface area contributed by atoms with E-state index in [2.05, 4.69) is 5.32 Å². The van der Waals surface area contributed by atoms with Crippen LogP contribution >= 0.6 is 0 Å². The highest BCUT2D eigenvalue weighted by atomic mass is 16.5. The fourth-order valence-corrected chi connectivity index (χ4v) is 1.37. The van der Waals surface area contributed by atoms with Crippen LogP contribution in [0.25, 0.3) is 0 Å². The van der Waals surface area contributed by atoms with Crippen LogP contribution in [0.15, 0.2) is 24.3 Å². The summed E-state index contributed by atoms with van der Waals surface area (Å²) in [7, 11) is 0. The smallest absolute Gasteiger partial charge is 0.328 e. The molecule has 0 saturated heterocycles. The second kappa shape index (κ2) is 7.38. The molecule has 6 heteroatoms. The number of nitrogens with one attached hydrogen (secondary N) is 1. The molecule has 0 aliphatic carbocycles. The van der Waals surface area contributed by atoms with Crippen molar-refractivity contribution in [2.45, 2.75) is 19.4 Å². The molecule has 1 aromatic rings. The Labute approximate surface area is 111 Å². The van der Waals surface area contributed by atoms with Crippen LogP contribution in [0.1, 0.15) is 23.7 Å². The maximum atomic E-state index is 11.8. The number of benzene rings is 1. The number of rotatable bonds is 7. The van der Waals surface area contributed by atoms with E-state index in [0.717, 1.165) is 6.42 Å². The van der Waals surface area contributed by atoms with Crippen LogP contribution in [0.4, 0.5) is 0 Å². The molecule has 19 heavy (non-hydrogen) atoms. The van der Waals surface area contributed by atoms with Gasteiger partial charge in [-0.05, 0) is 24.6 Å². The van der Waals surface area contributed by atoms with Gasteiger partial charge < -0.3 is 20.3 Å². The summed E-state index contributed by atoms with van der Waals surface area (Å²) >= 11 is 0. The van der Waals surface area contributed by atoms with Crippen molar-refractivity contribution >= 4 is 11.9 Å². The number of amides is 1. The Bertz CT molecular complexity index is 446. The van der Waals surface area contributed by atoms with Gasteiger partial charge in [0.1, 0.15) is 5.75 Å². The Morgan fingerprint density at radius 3 is 2.74 bits per heavy atom. The van der Waals surface area contributed by atoms with Gasteiger partial charge in [0.15, 0.2) is 6.04 Å². The molecular weight excluding hydrogens is 250 g/mol. The quantitative estimate of drug-likeness (QED) is 0.674. The molecule has 0 spiro atoms. The molecule has 0 heterocycles. The van der Waals surface area contributed by atoms with Crippen molar-refractivity contribution in [3.8, 4) is 5.75 Å². The number of hydrogen-bond donors (Lipinski definition) is 3. The lowest BCUT2D eigenvalue weighted by Crippen LogP contribution is -2.43. The van der Waals surface area contributed by atoms with E-state index in [1.165, 1.54) is 6.07 Å². The fourth-order valence-electron chi connectivity index (χ4n) is 1.37. The fraction of sp³-hybridized carbons (Fsp3) is 0.385. The second-order valence-corrected chi connectivity index (χ2v) is 3.92. The van der Waals surface area contributed by atoms with Gasteiger partial charge in [0.05, 0.1) is 13.2 Å². The summed E-state index contributed by atoms with van der Waals surface area (Å²) in [6.07, 6.45) is 0.849. The van der Waals surface area contributed by atoms with Crippen LogP contribution in [0.3, 0.4) is 0 Å². The Kier molecular flexibility index (Phi) is 5.81. The number of carbonyl (C=O) groups is 2. The van der Waals surface area contributed by atoms with E-state index in [1.807, 2.05) is 6.92 Å². The van der Waals surface area contributed by atoms with E-state index >= 15 is 0 Å². The Morgan fingerprint density at radius 2 is 2.16 bits per heavy atom. The van der Waals surface area contributed by atoms with Crippen LogP contribution in [0, 0.1) is 0 Å².